The summed E-state index contributed by atoms with van der Waals surface area (Å²) < 4.78 is 14.0. The Labute approximate surface area is 665 Å². The second kappa shape index (κ2) is 25.3. The van der Waals surface area contributed by atoms with E-state index in [1.165, 1.54) is 82.6 Å². The number of nitrogens with zero attached hydrogens (tertiary/aromatic N) is 4. The van der Waals surface area contributed by atoms with Crippen LogP contribution >= 0.6 is 0 Å². The zero-order valence-corrected chi connectivity index (χ0v) is 62.3. The predicted molar refractivity (Wildman–Crippen MR) is 467 cm³/mol. The van der Waals surface area contributed by atoms with Crippen LogP contribution in [-0.2, 0) is 17.3 Å². The van der Waals surface area contributed by atoms with Gasteiger partial charge in [-0.2, -0.15) is 0 Å². The minimum absolute atomic E-state index is 0.595. The SMILES string of the molecule is C1=Cc2cccc3cc(-c4cc(-c5cccc(-c6ccc7c(c6)C6(c8ccccc8O7)c7ccccc7-c7ccc(-c8ccc(-c9nc(-c%10cccc(-c%11ccc%12c(c%11)C%11(c%13ccccc%13O%12)c%12ccccc%12-c%12ccccc%12%11)c%10)cc(-c%10ccc%11c(ccc%12ccccc%12%11)c%10)n9)cc8)cc76)c5)nc(-c5ccccc5)n4)cc(c23)C1. The van der Waals surface area contributed by atoms with E-state index in [-0.39, 0.29) is 0 Å². The largest absolute Gasteiger partial charge is 0.457 e. The molecule has 115 heavy (non-hydrogen) atoms. The predicted octanol–water partition coefficient (Wildman–Crippen LogP) is 27.2. The van der Waals surface area contributed by atoms with Crippen LogP contribution in [0.15, 0.2) is 382 Å². The van der Waals surface area contributed by atoms with Crippen molar-refractivity contribution in [3.05, 3.63) is 438 Å². The van der Waals surface area contributed by atoms with Gasteiger partial charge in [0, 0.05) is 55.6 Å². The summed E-state index contributed by atoms with van der Waals surface area (Å²) in [5.74, 6) is 4.70. The molecule has 534 valence electrons. The molecule has 1 atom stereocenters. The summed E-state index contributed by atoms with van der Waals surface area (Å²) in [7, 11) is 0. The summed E-state index contributed by atoms with van der Waals surface area (Å²) in [6.07, 6.45) is 5.37. The van der Waals surface area contributed by atoms with Crippen molar-refractivity contribution in [2.45, 2.75) is 17.3 Å². The van der Waals surface area contributed by atoms with E-state index in [1.54, 1.807) is 0 Å². The molecule has 0 bridgehead atoms. The molecule has 0 amide bonds. The standard InChI is InChI=1S/C109H66N4O2/c1-2-21-69(22-3-1)106-110-98(65-100(113-106)82-59-80-29-16-23-68-24-17-30-81(60-82)105(68)80)78-28-19-26-72(57-78)75-51-55-104-96(63-75)109(93-39-13-15-41-102(93)115-104)91-37-11-8-34-87(91)88-53-48-73(61-94(88)109)66-42-45-70(46-43-66)107-111-97(64-99(112-107)79-49-52-84-76(58-79)47-44-67-20-4-5-31-83(67)84)77-27-18-25-71(56-77)74-50-54-103-95(62-74)108(92-38-12-14-40-101(92)114-103)89-35-9-6-32-85(89)86-33-7-10-36-90(86)108/h1-29,31-65H,30H2. The molecule has 6 nitrogen and oxygen atoms in total. The molecule has 4 heterocycles. The van der Waals surface area contributed by atoms with Gasteiger partial charge in [0.25, 0.3) is 0 Å². The molecule has 0 N–H and O–H groups in total. The molecule has 0 saturated carbocycles. The van der Waals surface area contributed by atoms with Crippen LogP contribution in [0.5, 0.6) is 23.0 Å². The first-order valence-electron chi connectivity index (χ1n) is 39.5. The minimum Gasteiger partial charge on any atom is -0.457 e. The topological polar surface area (TPSA) is 70.0 Å². The normalized spacial score (nSPS) is 14.4. The van der Waals surface area contributed by atoms with Crippen molar-refractivity contribution in [1.29, 1.82) is 0 Å². The number of fused-ring (bicyclic) bond motifs is 21. The van der Waals surface area contributed by atoms with Crippen molar-refractivity contribution in [1.82, 2.24) is 19.9 Å². The average Bonchev–Trinajstić information content (AvgIpc) is 1.56. The van der Waals surface area contributed by atoms with Gasteiger partial charge in [0.1, 0.15) is 23.0 Å². The number of ether oxygens (including phenoxy) is 2. The van der Waals surface area contributed by atoms with Gasteiger partial charge in [0.2, 0.25) is 0 Å². The molecule has 3 aliphatic carbocycles. The lowest BCUT2D eigenvalue weighted by Crippen LogP contribution is -2.32. The van der Waals surface area contributed by atoms with Gasteiger partial charge in [-0.1, -0.05) is 303 Å². The van der Waals surface area contributed by atoms with Crippen LogP contribution in [-0.4, -0.2) is 19.9 Å². The molecule has 2 aliphatic heterocycles. The number of hydrogen-bond acceptors (Lipinski definition) is 6. The lowest BCUT2D eigenvalue weighted by Gasteiger charge is -2.39. The number of benzene rings is 17. The number of aromatic nitrogens is 4. The van der Waals surface area contributed by atoms with Gasteiger partial charge in [-0.25, -0.2) is 19.9 Å². The fourth-order valence-corrected chi connectivity index (χ4v) is 19.6. The quantitative estimate of drug-likeness (QED) is 0.134. The number of allylic oxidation sites excluding steroid dienone is 1. The zero-order chi connectivity index (χ0) is 75.5. The van der Waals surface area contributed by atoms with E-state index in [2.05, 4.69) is 382 Å². The van der Waals surface area contributed by atoms with Crippen LogP contribution in [0.25, 0.3) is 162 Å². The Hall–Kier alpha value is -15.0. The third-order valence-electron chi connectivity index (χ3n) is 24.8. The van der Waals surface area contributed by atoms with Crippen LogP contribution in [0, 0.1) is 0 Å². The Bertz CT molecular complexity index is 7360. The van der Waals surface area contributed by atoms with Gasteiger partial charge in [-0.15, -0.1) is 0 Å². The minimum atomic E-state index is -0.753. The fourth-order valence-electron chi connectivity index (χ4n) is 19.6. The van der Waals surface area contributed by atoms with E-state index in [4.69, 9.17) is 29.4 Å². The van der Waals surface area contributed by atoms with Gasteiger partial charge in [0.05, 0.1) is 33.6 Å². The van der Waals surface area contributed by atoms with E-state index in [9.17, 15) is 0 Å². The molecule has 2 spiro atoms. The monoisotopic (exact) mass is 1460 g/mol. The highest BCUT2D eigenvalue weighted by Crippen LogP contribution is 2.65. The van der Waals surface area contributed by atoms with Gasteiger partial charge in [-0.05, 0) is 213 Å². The second-order valence-electron chi connectivity index (χ2n) is 31.0. The Morgan fingerprint density at radius 3 is 1.25 bits per heavy atom. The number of para-hydroxylation sites is 2. The van der Waals surface area contributed by atoms with Crippen molar-refractivity contribution in [2.75, 3.05) is 0 Å². The van der Waals surface area contributed by atoms with Crippen LogP contribution in [0.4, 0.5) is 0 Å². The third-order valence-corrected chi connectivity index (χ3v) is 24.8. The summed E-state index contributed by atoms with van der Waals surface area (Å²) in [5, 5.41) is 7.31. The van der Waals surface area contributed by atoms with Gasteiger partial charge in [0.15, 0.2) is 11.6 Å². The van der Waals surface area contributed by atoms with Crippen molar-refractivity contribution in [3.8, 4) is 146 Å². The molecule has 2 aromatic heterocycles. The molecular formula is C109H66N4O2. The molecule has 24 rings (SSSR count). The number of hydrogen-bond donors (Lipinski definition) is 0. The molecule has 1 unspecified atom stereocenters. The Kier molecular flexibility index (Phi) is 14.2. The van der Waals surface area contributed by atoms with Crippen molar-refractivity contribution < 1.29 is 9.47 Å². The summed E-state index contributed by atoms with van der Waals surface area (Å²) in [6, 6.07) is 137. The maximum absolute atomic E-state index is 7.07. The van der Waals surface area contributed by atoms with E-state index in [1.807, 2.05) is 6.07 Å². The van der Waals surface area contributed by atoms with Gasteiger partial charge >= 0.3 is 0 Å². The summed E-state index contributed by atoms with van der Waals surface area (Å²) in [4.78, 5) is 21.7. The smallest absolute Gasteiger partial charge is 0.160 e. The molecular weight excluding hydrogens is 1400 g/mol. The van der Waals surface area contributed by atoms with Gasteiger partial charge in [-0.3, -0.25) is 0 Å². The third kappa shape index (κ3) is 9.95. The van der Waals surface area contributed by atoms with E-state index >= 15 is 0 Å². The maximum atomic E-state index is 7.07. The first-order valence-corrected chi connectivity index (χ1v) is 39.5. The van der Waals surface area contributed by atoms with Crippen molar-refractivity contribution >= 4 is 38.4 Å². The molecule has 17 aromatic carbocycles. The molecule has 0 radical (unpaired) electrons. The van der Waals surface area contributed by atoms with E-state index < -0.39 is 10.8 Å². The van der Waals surface area contributed by atoms with E-state index in [0.29, 0.717) is 11.6 Å². The lowest BCUT2D eigenvalue weighted by molar-refractivity contribution is 0.436. The summed E-state index contributed by atoms with van der Waals surface area (Å²) in [6.45, 7) is 0. The lowest BCUT2D eigenvalue weighted by atomic mass is 9.65. The summed E-state index contributed by atoms with van der Waals surface area (Å²) in [5.41, 5.74) is 31.2. The van der Waals surface area contributed by atoms with Crippen molar-refractivity contribution in [3.63, 3.8) is 0 Å². The Morgan fingerprint density at radius 2 is 0.626 bits per heavy atom. The molecule has 6 heteroatoms. The summed E-state index contributed by atoms with van der Waals surface area (Å²) >= 11 is 0. The first-order chi connectivity index (χ1) is 56.9. The maximum Gasteiger partial charge on any atom is 0.160 e. The van der Waals surface area contributed by atoms with Crippen LogP contribution < -0.4 is 9.47 Å². The number of rotatable bonds is 9. The molecule has 19 aromatic rings. The zero-order valence-electron chi connectivity index (χ0n) is 62.3. The van der Waals surface area contributed by atoms with Crippen LogP contribution in [0.1, 0.15) is 55.6 Å². The fraction of sp³-hybridized carbons (Fsp3) is 0.0275. The Morgan fingerprint density at radius 1 is 0.226 bits per heavy atom. The first kappa shape index (κ1) is 64.8. The highest BCUT2D eigenvalue weighted by atomic mass is 16.5. The van der Waals surface area contributed by atoms with E-state index in [0.717, 1.165) is 147 Å². The second-order valence-corrected chi connectivity index (χ2v) is 31.0. The molecule has 5 aliphatic rings. The Balaban J connectivity index is 0.612. The van der Waals surface area contributed by atoms with Crippen molar-refractivity contribution in [2.24, 2.45) is 0 Å². The van der Waals surface area contributed by atoms with Crippen LogP contribution in [0.2, 0.25) is 0 Å². The molecule has 0 saturated heterocycles. The highest BCUT2D eigenvalue weighted by Gasteiger charge is 2.53. The average molecular weight is 1460 g/mol. The molecule has 0 fully saturated rings. The van der Waals surface area contributed by atoms with Crippen LogP contribution in [0.3, 0.4) is 0 Å². The van der Waals surface area contributed by atoms with Gasteiger partial charge < -0.3 is 9.47 Å². The highest BCUT2D eigenvalue weighted by molar-refractivity contribution is 6.09.